The van der Waals surface area contributed by atoms with Crippen molar-refractivity contribution in [3.05, 3.63) is 30.4 Å². The predicted molar refractivity (Wildman–Crippen MR) is 57.3 cm³/mol. The highest BCUT2D eigenvalue weighted by molar-refractivity contribution is 5.73. The molecule has 0 radical (unpaired) electrons. The third kappa shape index (κ3) is 2.63. The molecule has 0 saturated heterocycles. The van der Waals surface area contributed by atoms with Crippen LogP contribution in [0.2, 0.25) is 0 Å². The van der Waals surface area contributed by atoms with Crippen molar-refractivity contribution in [2.45, 2.75) is 13.3 Å². The van der Waals surface area contributed by atoms with Gasteiger partial charge in [-0.25, -0.2) is 0 Å². The fourth-order valence-electron chi connectivity index (χ4n) is 1.39. The third-order valence-electron chi connectivity index (χ3n) is 2.08. The number of ether oxygens (including phenoxy) is 1. The van der Waals surface area contributed by atoms with Gasteiger partial charge in [-0.3, -0.25) is 9.78 Å². The van der Waals surface area contributed by atoms with E-state index in [-0.39, 0.29) is 12.4 Å². The van der Waals surface area contributed by atoms with Crippen molar-refractivity contribution in [2.75, 3.05) is 6.61 Å². The first kappa shape index (κ1) is 11.2. The Morgan fingerprint density at radius 2 is 2.41 bits per heavy atom. The van der Waals surface area contributed by atoms with Crippen LogP contribution in [-0.4, -0.2) is 37.8 Å². The number of carbonyl (C=O) groups excluding carboxylic acids is 1. The minimum absolute atomic E-state index is 0.101. The molecule has 0 spiro atoms. The molecule has 2 aromatic rings. The van der Waals surface area contributed by atoms with Gasteiger partial charge in [0.2, 0.25) is 0 Å². The zero-order valence-electron chi connectivity index (χ0n) is 9.28. The molecule has 0 amide bonds. The van der Waals surface area contributed by atoms with Crippen LogP contribution in [0.15, 0.2) is 24.7 Å². The molecule has 88 valence electrons. The van der Waals surface area contributed by atoms with Gasteiger partial charge in [0.05, 0.1) is 24.4 Å². The molecule has 0 unspecified atom stereocenters. The summed E-state index contributed by atoms with van der Waals surface area (Å²) in [6.07, 6.45) is 3.16. The Hall–Kier alpha value is -2.31. The van der Waals surface area contributed by atoms with Crippen molar-refractivity contribution >= 4 is 5.97 Å². The average molecular weight is 233 g/mol. The molecule has 7 heteroatoms. The van der Waals surface area contributed by atoms with Crippen molar-refractivity contribution in [1.29, 1.82) is 0 Å². The largest absolute Gasteiger partial charge is 0.466 e. The summed E-state index contributed by atoms with van der Waals surface area (Å²) in [5.41, 5.74) is 1.25. The maximum atomic E-state index is 11.4. The van der Waals surface area contributed by atoms with Gasteiger partial charge >= 0.3 is 5.97 Å². The summed E-state index contributed by atoms with van der Waals surface area (Å²) in [5, 5.41) is 10.9. The highest BCUT2D eigenvalue weighted by Crippen LogP contribution is 2.10. The Morgan fingerprint density at radius 3 is 3.12 bits per heavy atom. The predicted octanol–water partition coefficient (Wildman–Crippen LogP) is 0.163. The van der Waals surface area contributed by atoms with E-state index in [2.05, 4.69) is 20.5 Å². The van der Waals surface area contributed by atoms with Gasteiger partial charge in [-0.1, -0.05) is 0 Å². The van der Waals surface area contributed by atoms with E-state index < -0.39 is 0 Å². The number of hydrogen-bond acceptors (Lipinski definition) is 6. The summed E-state index contributed by atoms with van der Waals surface area (Å²) >= 11 is 0. The molecule has 0 aromatic carbocycles. The SMILES string of the molecule is CCOC(=O)Cc1ncccc1-n1cnnn1. The van der Waals surface area contributed by atoms with Crippen molar-refractivity contribution < 1.29 is 9.53 Å². The molecule has 17 heavy (non-hydrogen) atoms. The van der Waals surface area contributed by atoms with Crippen LogP contribution in [0.25, 0.3) is 5.69 Å². The van der Waals surface area contributed by atoms with E-state index in [1.165, 1.54) is 11.0 Å². The highest BCUT2D eigenvalue weighted by atomic mass is 16.5. The zero-order chi connectivity index (χ0) is 12.1. The van der Waals surface area contributed by atoms with E-state index in [9.17, 15) is 4.79 Å². The molecule has 0 bridgehead atoms. The molecular weight excluding hydrogens is 222 g/mol. The summed E-state index contributed by atoms with van der Waals surface area (Å²) in [4.78, 5) is 15.6. The van der Waals surface area contributed by atoms with Gasteiger partial charge in [-0.2, -0.15) is 4.68 Å². The Bertz CT molecular complexity index is 497. The summed E-state index contributed by atoms with van der Waals surface area (Å²) in [7, 11) is 0. The van der Waals surface area contributed by atoms with Crippen LogP contribution in [0.5, 0.6) is 0 Å². The first-order valence-corrected chi connectivity index (χ1v) is 5.14. The van der Waals surface area contributed by atoms with Crippen LogP contribution in [0, 0.1) is 0 Å². The van der Waals surface area contributed by atoms with Gasteiger partial charge < -0.3 is 4.74 Å². The van der Waals surface area contributed by atoms with E-state index in [1.807, 2.05) is 0 Å². The van der Waals surface area contributed by atoms with Gasteiger partial charge in [0.1, 0.15) is 6.33 Å². The van der Waals surface area contributed by atoms with Crippen molar-refractivity contribution in [3.63, 3.8) is 0 Å². The lowest BCUT2D eigenvalue weighted by Gasteiger charge is -2.06. The molecule has 0 fully saturated rings. The molecule has 0 aliphatic heterocycles. The van der Waals surface area contributed by atoms with Crippen molar-refractivity contribution in [3.8, 4) is 5.69 Å². The smallest absolute Gasteiger partial charge is 0.311 e. The maximum absolute atomic E-state index is 11.4. The monoisotopic (exact) mass is 233 g/mol. The second kappa shape index (κ2) is 5.15. The molecule has 2 heterocycles. The van der Waals surface area contributed by atoms with Gasteiger partial charge in [0, 0.05) is 6.20 Å². The highest BCUT2D eigenvalue weighted by Gasteiger charge is 2.11. The summed E-state index contributed by atoms with van der Waals surface area (Å²) < 4.78 is 6.34. The molecule has 0 saturated carbocycles. The van der Waals surface area contributed by atoms with Gasteiger partial charge in [-0.15, -0.1) is 5.10 Å². The Morgan fingerprint density at radius 1 is 1.53 bits per heavy atom. The molecule has 2 aromatic heterocycles. The zero-order valence-corrected chi connectivity index (χ0v) is 9.28. The summed E-state index contributed by atoms with van der Waals surface area (Å²) in [6, 6.07) is 3.55. The quantitative estimate of drug-likeness (QED) is 0.700. The lowest BCUT2D eigenvalue weighted by Crippen LogP contribution is -2.12. The second-order valence-corrected chi connectivity index (χ2v) is 3.21. The van der Waals surface area contributed by atoms with Crippen LogP contribution in [0.4, 0.5) is 0 Å². The Balaban J connectivity index is 2.25. The molecule has 2 rings (SSSR count). The number of carbonyl (C=O) groups is 1. The fraction of sp³-hybridized carbons (Fsp3) is 0.300. The van der Waals surface area contributed by atoms with Crippen LogP contribution < -0.4 is 0 Å². The second-order valence-electron chi connectivity index (χ2n) is 3.21. The van der Waals surface area contributed by atoms with E-state index in [1.54, 1.807) is 25.3 Å². The normalized spacial score (nSPS) is 10.2. The van der Waals surface area contributed by atoms with E-state index >= 15 is 0 Å². The summed E-state index contributed by atoms with van der Waals surface area (Å²) in [6.45, 7) is 2.12. The third-order valence-corrected chi connectivity index (χ3v) is 2.08. The Kier molecular flexibility index (Phi) is 3.39. The molecule has 0 N–H and O–H groups in total. The molecular formula is C10H11N5O2. The average Bonchev–Trinajstić information content (AvgIpc) is 2.83. The fourth-order valence-corrected chi connectivity index (χ4v) is 1.39. The lowest BCUT2D eigenvalue weighted by molar-refractivity contribution is -0.142. The van der Waals surface area contributed by atoms with Crippen LogP contribution in [0.1, 0.15) is 12.6 Å². The van der Waals surface area contributed by atoms with E-state index in [0.29, 0.717) is 18.0 Å². The number of esters is 1. The molecule has 7 nitrogen and oxygen atoms in total. The van der Waals surface area contributed by atoms with Gasteiger partial charge in [0.15, 0.2) is 0 Å². The van der Waals surface area contributed by atoms with Gasteiger partial charge in [0.25, 0.3) is 0 Å². The van der Waals surface area contributed by atoms with Crippen LogP contribution >= 0.6 is 0 Å². The number of pyridine rings is 1. The number of tetrazole rings is 1. The minimum Gasteiger partial charge on any atom is -0.466 e. The molecule has 0 aliphatic rings. The molecule has 0 atom stereocenters. The van der Waals surface area contributed by atoms with Crippen LogP contribution in [0.3, 0.4) is 0 Å². The maximum Gasteiger partial charge on any atom is 0.311 e. The topological polar surface area (TPSA) is 82.8 Å². The lowest BCUT2D eigenvalue weighted by atomic mass is 10.2. The number of hydrogen-bond donors (Lipinski definition) is 0. The molecule has 0 aliphatic carbocycles. The first-order valence-electron chi connectivity index (χ1n) is 5.14. The van der Waals surface area contributed by atoms with E-state index in [4.69, 9.17) is 4.74 Å². The Labute approximate surface area is 97.4 Å². The number of aromatic nitrogens is 5. The van der Waals surface area contributed by atoms with Crippen LogP contribution in [-0.2, 0) is 16.0 Å². The van der Waals surface area contributed by atoms with Crippen molar-refractivity contribution in [1.82, 2.24) is 25.2 Å². The first-order chi connectivity index (χ1) is 8.31. The number of nitrogens with zero attached hydrogens (tertiary/aromatic N) is 5. The van der Waals surface area contributed by atoms with Gasteiger partial charge in [-0.05, 0) is 29.5 Å². The summed E-state index contributed by atoms with van der Waals surface area (Å²) in [5.74, 6) is -0.319. The van der Waals surface area contributed by atoms with Crippen molar-refractivity contribution in [2.24, 2.45) is 0 Å². The standard InChI is InChI=1S/C10H11N5O2/c1-2-17-10(16)6-8-9(4-3-5-11-8)15-7-12-13-14-15/h3-5,7H,2,6H2,1H3. The van der Waals surface area contributed by atoms with E-state index in [0.717, 1.165) is 0 Å². The minimum atomic E-state index is -0.319. The number of rotatable bonds is 4.